The lowest BCUT2D eigenvalue weighted by Gasteiger charge is -2.12. The van der Waals surface area contributed by atoms with Crippen LogP contribution in [0.1, 0.15) is 18.2 Å². The molecule has 4 heterocycles. The van der Waals surface area contributed by atoms with E-state index in [2.05, 4.69) is 15.1 Å². The number of hydrogen-bond acceptors (Lipinski definition) is 5. The van der Waals surface area contributed by atoms with Crippen molar-refractivity contribution >= 4 is 22.8 Å². The number of halogens is 6. The van der Waals surface area contributed by atoms with E-state index >= 15 is 0 Å². The lowest BCUT2D eigenvalue weighted by Crippen LogP contribution is -2.26. The Bertz CT molecular complexity index is 1450. The monoisotopic (exact) mass is 502 g/mol. The minimum absolute atomic E-state index is 0.0434. The molecule has 0 aliphatic heterocycles. The van der Waals surface area contributed by atoms with E-state index in [1.54, 1.807) is 6.07 Å². The molecule has 4 aromatic heterocycles. The summed E-state index contributed by atoms with van der Waals surface area (Å²) >= 11 is 1.35. The summed E-state index contributed by atoms with van der Waals surface area (Å²) in [4.78, 5) is 21.9. The molecule has 0 aliphatic carbocycles. The first-order valence-corrected chi connectivity index (χ1v) is 10.7. The van der Waals surface area contributed by atoms with Crippen LogP contribution in [-0.4, -0.2) is 34.6 Å². The Hall–Kier alpha value is -3.29. The average molecular weight is 502 g/mol. The Morgan fingerprint density at radius 1 is 1.00 bits per heavy atom. The van der Waals surface area contributed by atoms with Gasteiger partial charge in [0, 0.05) is 25.2 Å². The van der Waals surface area contributed by atoms with Crippen molar-refractivity contribution in [1.29, 1.82) is 0 Å². The summed E-state index contributed by atoms with van der Waals surface area (Å²) in [6.45, 7) is 1.87. The maximum absolute atomic E-state index is 13.4. The minimum atomic E-state index is -4.77. The summed E-state index contributed by atoms with van der Waals surface area (Å²) in [5, 5.41) is 3.71. The maximum atomic E-state index is 13.4. The van der Waals surface area contributed by atoms with Crippen molar-refractivity contribution in [3.05, 3.63) is 52.2 Å². The predicted octanol–water partition coefficient (Wildman–Crippen LogP) is 4.67. The highest BCUT2D eigenvalue weighted by molar-refractivity contribution is 7.99. The van der Waals surface area contributed by atoms with E-state index in [9.17, 15) is 31.1 Å². The van der Waals surface area contributed by atoms with Crippen LogP contribution in [0.2, 0.25) is 0 Å². The standard InChI is InChI=1S/C20H16F6N6OS/c1-4-34-12-5-6-14(32-9-10(8-27-32)19(21,22)23)29-15(12)17-28-11-7-13(20(24,25)26)30(2)18(33)16(11)31(17)3/h5-9H,4H2,1-3H3. The summed E-state index contributed by atoms with van der Waals surface area (Å²) in [5.74, 6) is 0.743. The van der Waals surface area contributed by atoms with Crippen LogP contribution in [0.15, 0.2) is 40.3 Å². The van der Waals surface area contributed by atoms with Crippen molar-refractivity contribution in [2.45, 2.75) is 24.2 Å². The second kappa shape index (κ2) is 8.18. The topological polar surface area (TPSA) is 70.5 Å². The summed E-state index contributed by atoms with van der Waals surface area (Å²) in [6, 6.07) is 3.86. The van der Waals surface area contributed by atoms with Crippen molar-refractivity contribution < 1.29 is 26.3 Å². The highest BCUT2D eigenvalue weighted by Gasteiger charge is 2.35. The number of fused-ring (bicyclic) bond motifs is 1. The highest BCUT2D eigenvalue weighted by atomic mass is 32.2. The normalized spacial score (nSPS) is 12.6. The summed E-state index contributed by atoms with van der Waals surface area (Å²) < 4.78 is 81.8. The molecular weight excluding hydrogens is 486 g/mol. The van der Waals surface area contributed by atoms with Crippen LogP contribution in [0.5, 0.6) is 0 Å². The van der Waals surface area contributed by atoms with Gasteiger partial charge in [-0.25, -0.2) is 14.6 Å². The van der Waals surface area contributed by atoms with E-state index in [0.717, 1.165) is 24.0 Å². The van der Waals surface area contributed by atoms with Gasteiger partial charge < -0.3 is 9.13 Å². The molecular formula is C20H16F6N6OS. The van der Waals surface area contributed by atoms with Crippen LogP contribution in [0.4, 0.5) is 26.3 Å². The lowest BCUT2D eigenvalue weighted by molar-refractivity contribution is -0.143. The quantitative estimate of drug-likeness (QED) is 0.300. The summed E-state index contributed by atoms with van der Waals surface area (Å²) in [6.07, 6.45) is -7.92. The Balaban J connectivity index is 1.94. The van der Waals surface area contributed by atoms with E-state index < -0.39 is 29.2 Å². The van der Waals surface area contributed by atoms with Gasteiger partial charge in [0.15, 0.2) is 11.6 Å². The molecule has 0 saturated heterocycles. The van der Waals surface area contributed by atoms with Gasteiger partial charge in [-0.1, -0.05) is 6.92 Å². The Kier molecular flexibility index (Phi) is 5.74. The first-order chi connectivity index (χ1) is 15.8. The molecule has 14 heteroatoms. The molecule has 0 aromatic carbocycles. The third-order valence-electron chi connectivity index (χ3n) is 5.05. The molecule has 180 valence electrons. The molecule has 0 N–H and O–H groups in total. The Labute approximate surface area is 192 Å². The van der Waals surface area contributed by atoms with Crippen molar-refractivity contribution in [2.75, 3.05) is 5.75 Å². The second-order valence-electron chi connectivity index (χ2n) is 7.24. The number of rotatable bonds is 4. The van der Waals surface area contributed by atoms with Gasteiger partial charge in [0.2, 0.25) is 0 Å². The van der Waals surface area contributed by atoms with Crippen molar-refractivity contribution in [3.63, 3.8) is 0 Å². The predicted molar refractivity (Wildman–Crippen MR) is 113 cm³/mol. The number of aromatic nitrogens is 6. The number of hydrogen-bond donors (Lipinski definition) is 0. The SMILES string of the molecule is CCSc1ccc(-n2cc(C(F)(F)F)cn2)nc1-c1nc2cc(C(F)(F)F)n(C)c(=O)c2n1C. The zero-order valence-electron chi connectivity index (χ0n) is 17.9. The first kappa shape index (κ1) is 23.9. The summed E-state index contributed by atoms with van der Waals surface area (Å²) in [7, 11) is 2.48. The molecule has 0 bridgehead atoms. The molecule has 7 nitrogen and oxygen atoms in total. The zero-order chi connectivity index (χ0) is 25.0. The third kappa shape index (κ3) is 4.06. The van der Waals surface area contributed by atoms with Gasteiger partial charge in [-0.3, -0.25) is 4.79 Å². The fraction of sp³-hybridized carbons (Fsp3) is 0.300. The smallest absolute Gasteiger partial charge is 0.321 e. The van der Waals surface area contributed by atoms with Crippen LogP contribution in [0, 0.1) is 0 Å². The lowest BCUT2D eigenvalue weighted by atomic mass is 10.3. The first-order valence-electron chi connectivity index (χ1n) is 9.73. The van der Waals surface area contributed by atoms with Gasteiger partial charge in [0.25, 0.3) is 5.56 Å². The minimum Gasteiger partial charge on any atom is -0.321 e. The number of imidazole rings is 1. The van der Waals surface area contributed by atoms with Crippen LogP contribution in [0.3, 0.4) is 0 Å². The Morgan fingerprint density at radius 3 is 2.29 bits per heavy atom. The molecule has 0 fully saturated rings. The van der Waals surface area contributed by atoms with Crippen molar-refractivity contribution in [3.8, 4) is 17.3 Å². The van der Waals surface area contributed by atoms with Gasteiger partial charge in [-0.2, -0.15) is 31.4 Å². The van der Waals surface area contributed by atoms with Crippen LogP contribution >= 0.6 is 11.8 Å². The zero-order valence-corrected chi connectivity index (χ0v) is 18.7. The molecule has 0 spiro atoms. The second-order valence-corrected chi connectivity index (χ2v) is 8.55. The Morgan fingerprint density at radius 2 is 1.71 bits per heavy atom. The average Bonchev–Trinajstić information content (AvgIpc) is 3.36. The number of thioether (sulfide) groups is 1. The number of nitrogens with zero attached hydrogens (tertiary/aromatic N) is 6. The van der Waals surface area contributed by atoms with E-state index in [-0.39, 0.29) is 28.4 Å². The van der Waals surface area contributed by atoms with Gasteiger partial charge in [-0.05, 0) is 24.0 Å². The molecule has 0 saturated carbocycles. The molecule has 0 unspecified atom stereocenters. The third-order valence-corrected chi connectivity index (χ3v) is 5.98. The molecule has 0 amide bonds. The largest absolute Gasteiger partial charge is 0.431 e. The van der Waals surface area contributed by atoms with Gasteiger partial charge in [0.1, 0.15) is 16.9 Å². The fourth-order valence-corrected chi connectivity index (χ4v) is 4.19. The molecule has 0 atom stereocenters. The molecule has 4 rings (SSSR count). The van der Waals surface area contributed by atoms with Gasteiger partial charge in [0.05, 0.1) is 17.3 Å². The van der Waals surface area contributed by atoms with Crippen LogP contribution in [-0.2, 0) is 26.4 Å². The van der Waals surface area contributed by atoms with E-state index in [1.807, 2.05) is 6.92 Å². The van der Waals surface area contributed by atoms with Gasteiger partial charge >= 0.3 is 12.4 Å². The van der Waals surface area contributed by atoms with Gasteiger partial charge in [-0.15, -0.1) is 11.8 Å². The molecule has 34 heavy (non-hydrogen) atoms. The van der Waals surface area contributed by atoms with E-state index in [4.69, 9.17) is 0 Å². The fourth-order valence-electron chi connectivity index (χ4n) is 3.44. The van der Waals surface area contributed by atoms with Crippen LogP contribution in [0.25, 0.3) is 28.4 Å². The molecule has 0 radical (unpaired) electrons. The van der Waals surface area contributed by atoms with Crippen molar-refractivity contribution in [2.24, 2.45) is 14.1 Å². The van der Waals surface area contributed by atoms with Crippen molar-refractivity contribution in [1.82, 2.24) is 28.9 Å². The molecule has 0 aliphatic rings. The number of alkyl halides is 6. The van der Waals surface area contributed by atoms with E-state index in [0.29, 0.717) is 21.4 Å². The maximum Gasteiger partial charge on any atom is 0.431 e. The highest BCUT2D eigenvalue weighted by Crippen LogP contribution is 2.34. The number of aryl methyl sites for hydroxylation is 1. The molecule has 4 aromatic rings. The van der Waals surface area contributed by atoms with E-state index in [1.165, 1.54) is 29.4 Å². The summed E-state index contributed by atoms with van der Waals surface area (Å²) in [5.41, 5.74) is -3.06. The van der Waals surface area contributed by atoms with Crippen LogP contribution < -0.4 is 5.56 Å². The number of pyridine rings is 2.